The van der Waals surface area contributed by atoms with Crippen LogP contribution in [0.1, 0.15) is 50.4 Å². The molecule has 1 amide bonds. The van der Waals surface area contributed by atoms with Gasteiger partial charge in [-0.15, -0.1) is 0 Å². The van der Waals surface area contributed by atoms with Crippen LogP contribution < -0.4 is 15.8 Å². The Morgan fingerprint density at radius 2 is 1.84 bits per heavy atom. The van der Waals surface area contributed by atoms with Crippen molar-refractivity contribution in [3.05, 3.63) is 23.8 Å². The summed E-state index contributed by atoms with van der Waals surface area (Å²) in [5.41, 5.74) is 6.65. The van der Waals surface area contributed by atoms with Gasteiger partial charge in [-0.1, -0.05) is 26.8 Å². The molecule has 4 nitrogen and oxygen atoms in total. The lowest BCUT2D eigenvalue weighted by atomic mass is 9.89. The minimum atomic E-state index is -0.160. The first-order valence-corrected chi connectivity index (χ1v) is 6.78. The molecule has 1 rings (SSSR count). The van der Waals surface area contributed by atoms with E-state index < -0.39 is 0 Å². The standard InChI is InChI=1S/C15H24N2O2/c1-5-15(6-2,7-3)17-14(18)11-9-8-10-12(19-4)13(11)16/h8-10H,5-7,16H2,1-4H3,(H,17,18). The first kappa shape index (κ1) is 15.3. The molecular weight excluding hydrogens is 240 g/mol. The predicted octanol–water partition coefficient (Wildman–Crippen LogP) is 2.98. The largest absolute Gasteiger partial charge is 0.495 e. The van der Waals surface area contributed by atoms with E-state index in [1.165, 1.54) is 0 Å². The van der Waals surface area contributed by atoms with E-state index >= 15 is 0 Å². The summed E-state index contributed by atoms with van der Waals surface area (Å²) in [6.45, 7) is 6.26. The van der Waals surface area contributed by atoms with Crippen molar-refractivity contribution in [1.82, 2.24) is 5.32 Å². The highest BCUT2D eigenvalue weighted by molar-refractivity contribution is 6.00. The highest BCUT2D eigenvalue weighted by atomic mass is 16.5. The molecule has 0 fully saturated rings. The highest BCUT2D eigenvalue weighted by Gasteiger charge is 2.27. The molecule has 0 saturated heterocycles. The van der Waals surface area contributed by atoms with E-state index in [4.69, 9.17) is 10.5 Å². The van der Waals surface area contributed by atoms with Gasteiger partial charge >= 0.3 is 0 Å². The number of nitrogens with one attached hydrogen (secondary N) is 1. The predicted molar refractivity (Wildman–Crippen MR) is 78.5 cm³/mol. The molecule has 106 valence electrons. The van der Waals surface area contributed by atoms with E-state index in [9.17, 15) is 4.79 Å². The monoisotopic (exact) mass is 264 g/mol. The van der Waals surface area contributed by atoms with E-state index in [0.717, 1.165) is 19.3 Å². The molecule has 0 spiro atoms. The lowest BCUT2D eigenvalue weighted by Gasteiger charge is -2.32. The van der Waals surface area contributed by atoms with Gasteiger partial charge in [0.1, 0.15) is 5.75 Å². The Labute approximate surface area is 115 Å². The van der Waals surface area contributed by atoms with Gasteiger partial charge in [0.05, 0.1) is 18.4 Å². The number of hydrogen-bond donors (Lipinski definition) is 2. The molecule has 0 aliphatic rings. The van der Waals surface area contributed by atoms with Gasteiger partial charge in [0, 0.05) is 5.54 Å². The fourth-order valence-electron chi connectivity index (χ4n) is 2.24. The molecule has 0 aliphatic carbocycles. The second-order valence-electron chi connectivity index (χ2n) is 4.72. The number of anilines is 1. The lowest BCUT2D eigenvalue weighted by Crippen LogP contribution is -2.47. The zero-order chi connectivity index (χ0) is 14.5. The number of ether oxygens (including phenoxy) is 1. The average Bonchev–Trinajstić information content (AvgIpc) is 2.45. The average molecular weight is 264 g/mol. The maximum absolute atomic E-state index is 12.4. The number of nitrogen functional groups attached to an aromatic ring is 1. The van der Waals surface area contributed by atoms with E-state index in [0.29, 0.717) is 17.0 Å². The Hall–Kier alpha value is -1.71. The quantitative estimate of drug-likeness (QED) is 0.776. The Kier molecular flexibility index (Phi) is 5.21. The molecular formula is C15H24N2O2. The highest BCUT2D eigenvalue weighted by Crippen LogP contribution is 2.26. The third-order valence-corrected chi connectivity index (χ3v) is 3.94. The van der Waals surface area contributed by atoms with Crippen LogP contribution >= 0.6 is 0 Å². The fourth-order valence-corrected chi connectivity index (χ4v) is 2.24. The molecule has 1 aromatic rings. The third kappa shape index (κ3) is 3.19. The number of hydrogen-bond acceptors (Lipinski definition) is 3. The Morgan fingerprint density at radius 1 is 1.26 bits per heavy atom. The Bertz CT molecular complexity index is 432. The molecule has 4 heteroatoms. The Balaban J connectivity index is 3.01. The van der Waals surface area contributed by atoms with Crippen LogP contribution in [0, 0.1) is 0 Å². The van der Waals surface area contributed by atoms with E-state index in [2.05, 4.69) is 26.1 Å². The van der Waals surface area contributed by atoms with Crippen molar-refractivity contribution in [2.24, 2.45) is 0 Å². The second kappa shape index (κ2) is 6.45. The summed E-state index contributed by atoms with van der Waals surface area (Å²) < 4.78 is 5.14. The second-order valence-corrected chi connectivity index (χ2v) is 4.72. The van der Waals surface area contributed by atoms with Gasteiger partial charge in [-0.2, -0.15) is 0 Å². The number of carbonyl (C=O) groups is 1. The van der Waals surface area contributed by atoms with Crippen LogP contribution in [0.25, 0.3) is 0 Å². The molecule has 3 N–H and O–H groups in total. The molecule has 0 heterocycles. The number of amides is 1. The van der Waals surface area contributed by atoms with Crippen molar-refractivity contribution in [3.63, 3.8) is 0 Å². The summed E-state index contributed by atoms with van der Waals surface area (Å²) in [5, 5.41) is 3.11. The third-order valence-electron chi connectivity index (χ3n) is 3.94. The SMILES string of the molecule is CCC(CC)(CC)NC(=O)c1cccc(OC)c1N. The summed E-state index contributed by atoms with van der Waals surface area (Å²) in [7, 11) is 1.54. The Morgan fingerprint density at radius 3 is 2.32 bits per heavy atom. The van der Waals surface area contributed by atoms with Gasteiger partial charge in [-0.25, -0.2) is 0 Å². The molecule has 0 bridgehead atoms. The molecule has 0 aliphatic heterocycles. The number of benzene rings is 1. The molecule has 1 aromatic carbocycles. The smallest absolute Gasteiger partial charge is 0.253 e. The van der Waals surface area contributed by atoms with Gasteiger partial charge in [0.25, 0.3) is 5.91 Å². The maximum atomic E-state index is 12.4. The minimum Gasteiger partial charge on any atom is -0.495 e. The molecule has 0 radical (unpaired) electrons. The molecule has 19 heavy (non-hydrogen) atoms. The van der Waals surface area contributed by atoms with Crippen molar-refractivity contribution in [3.8, 4) is 5.75 Å². The van der Waals surface area contributed by atoms with E-state index in [1.54, 1.807) is 25.3 Å². The van der Waals surface area contributed by atoms with Crippen molar-refractivity contribution < 1.29 is 9.53 Å². The zero-order valence-electron chi connectivity index (χ0n) is 12.2. The molecule has 0 aromatic heterocycles. The van der Waals surface area contributed by atoms with Crippen molar-refractivity contribution in [2.75, 3.05) is 12.8 Å². The first-order valence-electron chi connectivity index (χ1n) is 6.78. The number of carbonyl (C=O) groups excluding carboxylic acids is 1. The molecule has 0 unspecified atom stereocenters. The minimum absolute atomic E-state index is 0.137. The molecule has 0 atom stereocenters. The lowest BCUT2D eigenvalue weighted by molar-refractivity contribution is 0.0889. The first-order chi connectivity index (χ1) is 9.03. The van der Waals surface area contributed by atoms with Crippen molar-refractivity contribution in [2.45, 2.75) is 45.6 Å². The van der Waals surface area contributed by atoms with Crippen LogP contribution in [-0.4, -0.2) is 18.6 Å². The maximum Gasteiger partial charge on any atom is 0.253 e. The van der Waals surface area contributed by atoms with Crippen LogP contribution in [0.5, 0.6) is 5.75 Å². The molecule has 0 saturated carbocycles. The van der Waals surface area contributed by atoms with Crippen molar-refractivity contribution >= 4 is 11.6 Å². The number of para-hydroxylation sites is 1. The van der Waals surface area contributed by atoms with Crippen LogP contribution in [0.3, 0.4) is 0 Å². The van der Waals surface area contributed by atoms with Gasteiger partial charge in [0.15, 0.2) is 0 Å². The summed E-state index contributed by atoms with van der Waals surface area (Å²) in [6.07, 6.45) is 2.70. The van der Waals surface area contributed by atoms with Crippen LogP contribution in [0.4, 0.5) is 5.69 Å². The topological polar surface area (TPSA) is 64.3 Å². The van der Waals surface area contributed by atoms with E-state index in [-0.39, 0.29) is 11.4 Å². The normalized spacial score (nSPS) is 11.2. The van der Waals surface area contributed by atoms with E-state index in [1.807, 2.05) is 0 Å². The zero-order valence-corrected chi connectivity index (χ0v) is 12.2. The van der Waals surface area contributed by atoms with Crippen LogP contribution in [0.2, 0.25) is 0 Å². The summed E-state index contributed by atoms with van der Waals surface area (Å²) in [4.78, 5) is 12.4. The van der Waals surface area contributed by atoms with Crippen LogP contribution in [-0.2, 0) is 0 Å². The fraction of sp³-hybridized carbons (Fsp3) is 0.533. The summed E-state index contributed by atoms with van der Waals surface area (Å²) in [5.74, 6) is 0.393. The van der Waals surface area contributed by atoms with Gasteiger partial charge in [0.2, 0.25) is 0 Å². The number of rotatable bonds is 6. The van der Waals surface area contributed by atoms with Gasteiger partial charge in [-0.05, 0) is 31.4 Å². The van der Waals surface area contributed by atoms with Gasteiger partial charge < -0.3 is 15.8 Å². The summed E-state index contributed by atoms with van der Waals surface area (Å²) >= 11 is 0. The van der Waals surface area contributed by atoms with Gasteiger partial charge in [-0.3, -0.25) is 4.79 Å². The number of methoxy groups -OCH3 is 1. The van der Waals surface area contributed by atoms with Crippen molar-refractivity contribution in [1.29, 1.82) is 0 Å². The van der Waals surface area contributed by atoms with Crippen LogP contribution in [0.15, 0.2) is 18.2 Å². The number of nitrogens with two attached hydrogens (primary N) is 1. The summed E-state index contributed by atoms with van der Waals surface area (Å²) in [6, 6.07) is 5.24.